The molecule has 11 nitrogen and oxygen atoms in total. The van der Waals surface area contributed by atoms with Crippen LogP contribution in [0.25, 0.3) is 0 Å². The molecule has 0 bridgehead atoms. The van der Waals surface area contributed by atoms with Gasteiger partial charge >= 0.3 is 0 Å². The van der Waals surface area contributed by atoms with E-state index in [1.165, 1.54) is 5.56 Å². The second-order valence-electron chi connectivity index (χ2n) is 13.8. The predicted molar refractivity (Wildman–Crippen MR) is 209 cm³/mol. The average molecular weight is 722 g/mol. The number of nitrogens with one attached hydrogen (secondary N) is 2. The number of hydrogen-bond donors (Lipinski definition) is 2. The van der Waals surface area contributed by atoms with Gasteiger partial charge in [-0.05, 0) is 71.1 Å². The van der Waals surface area contributed by atoms with Gasteiger partial charge in [-0.15, -0.1) is 0 Å². The molecule has 9 rings (SSSR count). The van der Waals surface area contributed by atoms with Crippen LogP contribution in [0.3, 0.4) is 0 Å². The van der Waals surface area contributed by atoms with E-state index in [0.29, 0.717) is 52.0 Å². The summed E-state index contributed by atoms with van der Waals surface area (Å²) in [7, 11) is 5.00. The van der Waals surface area contributed by atoms with Crippen molar-refractivity contribution >= 4 is 46.5 Å². The molecular formula is C43H39N5O6. The van der Waals surface area contributed by atoms with Crippen molar-refractivity contribution in [3.63, 3.8) is 0 Å². The van der Waals surface area contributed by atoms with E-state index in [-0.39, 0.29) is 37.1 Å². The summed E-state index contributed by atoms with van der Waals surface area (Å²) in [6.45, 7) is 1.10. The van der Waals surface area contributed by atoms with Crippen molar-refractivity contribution in [3.8, 4) is 23.0 Å². The Balaban J connectivity index is 0.932. The Bertz CT molecular complexity index is 2360. The quantitative estimate of drug-likeness (QED) is 0.165. The first-order valence-electron chi connectivity index (χ1n) is 18.0. The Labute approximate surface area is 313 Å². The van der Waals surface area contributed by atoms with Gasteiger partial charge in [-0.2, -0.15) is 0 Å². The van der Waals surface area contributed by atoms with Gasteiger partial charge in [0.25, 0.3) is 11.8 Å². The first-order valence-corrected chi connectivity index (χ1v) is 18.0. The summed E-state index contributed by atoms with van der Waals surface area (Å²) in [6.07, 6.45) is 3.37. The molecule has 5 aromatic carbocycles. The molecule has 0 aromatic heterocycles. The maximum Gasteiger partial charge on any atom is 0.261 e. The van der Waals surface area contributed by atoms with E-state index in [1.54, 1.807) is 32.4 Å². The summed E-state index contributed by atoms with van der Waals surface area (Å²) in [4.78, 5) is 36.2. The van der Waals surface area contributed by atoms with Gasteiger partial charge in [0.2, 0.25) is 0 Å². The van der Waals surface area contributed by atoms with Crippen LogP contribution in [-0.4, -0.2) is 57.9 Å². The summed E-state index contributed by atoms with van der Waals surface area (Å²) >= 11 is 0. The van der Waals surface area contributed by atoms with E-state index in [1.807, 2.05) is 83.7 Å². The number of carbonyl (C=O) groups excluding carboxylic acids is 2. The van der Waals surface area contributed by atoms with E-state index in [2.05, 4.69) is 22.8 Å². The van der Waals surface area contributed by atoms with Crippen LogP contribution in [0.4, 0.5) is 28.4 Å². The third-order valence-electron chi connectivity index (χ3n) is 10.6. The Morgan fingerprint density at radius 2 is 1.33 bits per heavy atom. The fourth-order valence-electron chi connectivity index (χ4n) is 8.00. The Hall–Kier alpha value is -6.49. The molecule has 2 amide bonds. The van der Waals surface area contributed by atoms with E-state index in [4.69, 9.17) is 23.9 Å². The summed E-state index contributed by atoms with van der Waals surface area (Å²) in [5.74, 6) is 1.76. The lowest BCUT2D eigenvalue weighted by atomic mass is 10.1. The standard InChI is InChI=1S/C43H39N5O6/c1-44-29-13-25(23-53-40-19-34-32(17-38(40)51-2)42(49)47-30(21-45-34)15-27-8-4-6-10-36(27)47)12-26(14-29)24-54-41-20-35-33(18-39(41)52-3)43(50)48-31(22-46-35)16-28-9-5-7-11-37(28)48/h4-14,17-21,30-31,44,46H,15-16,22-24H2,1-3H3/t30-,31-/m0/s1. The Morgan fingerprint density at radius 1 is 0.722 bits per heavy atom. The molecule has 0 spiro atoms. The first kappa shape index (κ1) is 33.4. The maximum atomic E-state index is 13.9. The third kappa shape index (κ3) is 5.72. The minimum absolute atomic E-state index is 0.0273. The summed E-state index contributed by atoms with van der Waals surface area (Å²) in [5, 5.41) is 6.73. The van der Waals surface area contributed by atoms with Crippen LogP contribution >= 0.6 is 0 Å². The van der Waals surface area contributed by atoms with Crippen molar-refractivity contribution < 1.29 is 28.5 Å². The molecule has 4 aliphatic rings. The number of para-hydroxylation sites is 2. The zero-order valence-electron chi connectivity index (χ0n) is 30.2. The van der Waals surface area contributed by atoms with E-state index >= 15 is 0 Å². The topological polar surface area (TPSA) is 114 Å². The van der Waals surface area contributed by atoms with Gasteiger partial charge in [0, 0.05) is 55.4 Å². The predicted octanol–water partition coefficient (Wildman–Crippen LogP) is 7.19. The largest absolute Gasteiger partial charge is 0.493 e. The number of amides is 2. The maximum absolute atomic E-state index is 13.9. The van der Waals surface area contributed by atoms with Crippen LogP contribution < -0.4 is 39.4 Å². The van der Waals surface area contributed by atoms with Gasteiger partial charge in [0.1, 0.15) is 13.2 Å². The number of benzene rings is 5. The molecular weight excluding hydrogens is 683 g/mol. The number of ether oxygens (including phenoxy) is 4. The van der Waals surface area contributed by atoms with Gasteiger partial charge in [0.05, 0.1) is 48.8 Å². The highest BCUT2D eigenvalue weighted by Gasteiger charge is 2.38. The number of nitrogens with zero attached hydrogens (tertiary/aromatic N) is 3. The highest BCUT2D eigenvalue weighted by molar-refractivity contribution is 6.15. The summed E-state index contributed by atoms with van der Waals surface area (Å²) < 4.78 is 24.2. The van der Waals surface area contributed by atoms with Crippen molar-refractivity contribution in [3.05, 3.63) is 124 Å². The van der Waals surface area contributed by atoms with Gasteiger partial charge in [0.15, 0.2) is 23.0 Å². The van der Waals surface area contributed by atoms with Crippen LogP contribution in [-0.2, 0) is 26.1 Å². The number of fused-ring (bicyclic) bond motifs is 8. The number of anilines is 4. The van der Waals surface area contributed by atoms with Gasteiger partial charge in [-0.1, -0.05) is 36.4 Å². The highest BCUT2D eigenvalue weighted by Crippen LogP contribution is 2.43. The van der Waals surface area contributed by atoms with Crippen molar-refractivity contribution in [2.75, 3.05) is 48.2 Å². The van der Waals surface area contributed by atoms with E-state index in [0.717, 1.165) is 46.6 Å². The fraction of sp³-hybridized carbons (Fsp3) is 0.233. The lowest BCUT2D eigenvalue weighted by Gasteiger charge is -2.22. The molecule has 0 aliphatic carbocycles. The number of carbonyl (C=O) groups is 2. The number of methoxy groups -OCH3 is 2. The highest BCUT2D eigenvalue weighted by atomic mass is 16.5. The second kappa shape index (κ2) is 13.5. The van der Waals surface area contributed by atoms with Crippen molar-refractivity contribution in [1.82, 2.24) is 0 Å². The second-order valence-corrected chi connectivity index (χ2v) is 13.8. The Morgan fingerprint density at radius 3 is 2.02 bits per heavy atom. The van der Waals surface area contributed by atoms with Crippen LogP contribution in [0.2, 0.25) is 0 Å². The molecule has 0 saturated heterocycles. The fourth-order valence-corrected chi connectivity index (χ4v) is 8.00. The molecule has 11 heteroatoms. The smallest absolute Gasteiger partial charge is 0.261 e. The average Bonchev–Trinajstić information content (AvgIpc) is 3.70. The molecule has 0 saturated carbocycles. The minimum atomic E-state index is -0.150. The third-order valence-corrected chi connectivity index (χ3v) is 10.6. The zero-order valence-corrected chi connectivity index (χ0v) is 30.2. The number of hydrogen-bond acceptors (Lipinski definition) is 9. The SMILES string of the molecule is CNc1cc(COc2cc3c(cc2OC)C(=O)N2c4ccccc4C[C@H]2C=N3)cc(COc2cc3c(cc2OC)C(=O)N2c4ccccc4C[C@H]2CN3)c1. The molecule has 4 aliphatic heterocycles. The lowest BCUT2D eigenvalue weighted by molar-refractivity contribution is 0.0976. The van der Waals surface area contributed by atoms with Crippen LogP contribution in [0.5, 0.6) is 23.0 Å². The summed E-state index contributed by atoms with van der Waals surface area (Å²) in [5.41, 5.74) is 9.13. The molecule has 0 unspecified atom stereocenters. The Kier molecular flexibility index (Phi) is 8.33. The van der Waals surface area contributed by atoms with Crippen LogP contribution in [0, 0.1) is 0 Å². The van der Waals surface area contributed by atoms with Crippen molar-refractivity contribution in [1.29, 1.82) is 0 Å². The van der Waals surface area contributed by atoms with Gasteiger partial charge in [-0.25, -0.2) is 0 Å². The molecule has 2 atom stereocenters. The molecule has 4 heterocycles. The molecule has 54 heavy (non-hydrogen) atoms. The zero-order chi connectivity index (χ0) is 36.9. The van der Waals surface area contributed by atoms with Crippen LogP contribution in [0.1, 0.15) is 43.0 Å². The number of rotatable bonds is 9. The van der Waals surface area contributed by atoms with Crippen LogP contribution in [0.15, 0.2) is 96.0 Å². The first-order chi connectivity index (χ1) is 26.4. The normalized spacial score (nSPS) is 17.5. The van der Waals surface area contributed by atoms with Crippen molar-refractivity contribution in [2.45, 2.75) is 38.1 Å². The van der Waals surface area contributed by atoms with Gasteiger partial charge < -0.3 is 34.5 Å². The number of aliphatic imine (C=N–C) groups is 1. The van der Waals surface area contributed by atoms with E-state index in [9.17, 15) is 9.59 Å². The lowest BCUT2D eigenvalue weighted by Crippen LogP contribution is -2.39. The summed E-state index contributed by atoms with van der Waals surface area (Å²) in [6, 6.07) is 29.1. The molecule has 0 radical (unpaired) electrons. The molecule has 2 N–H and O–H groups in total. The van der Waals surface area contributed by atoms with Gasteiger partial charge in [-0.3, -0.25) is 19.5 Å². The monoisotopic (exact) mass is 721 g/mol. The molecule has 0 fully saturated rings. The van der Waals surface area contributed by atoms with E-state index < -0.39 is 0 Å². The molecule has 5 aromatic rings. The van der Waals surface area contributed by atoms with Crippen molar-refractivity contribution in [2.24, 2.45) is 4.99 Å². The minimum Gasteiger partial charge on any atom is -0.493 e. The molecule has 272 valence electrons.